The van der Waals surface area contributed by atoms with E-state index >= 15 is 0 Å². The van der Waals surface area contributed by atoms with Crippen molar-refractivity contribution in [2.75, 3.05) is 6.54 Å². The number of hydrogen-bond acceptors (Lipinski definition) is 4. The van der Waals surface area contributed by atoms with E-state index in [0.29, 0.717) is 18.9 Å². The molecule has 0 saturated heterocycles. The second-order valence-electron chi connectivity index (χ2n) is 3.27. The van der Waals surface area contributed by atoms with Crippen LogP contribution in [0.1, 0.15) is 18.6 Å². The largest absolute Gasteiger partial charge is 0.469 e. The molecule has 2 rings (SSSR count). The van der Waals surface area contributed by atoms with Gasteiger partial charge in [0.15, 0.2) is 11.7 Å². The third-order valence-electron chi connectivity index (χ3n) is 2.24. The maximum atomic E-state index is 5.56. The second kappa shape index (κ2) is 4.31. The molecule has 0 aliphatic carbocycles. The van der Waals surface area contributed by atoms with E-state index in [4.69, 9.17) is 14.6 Å². The summed E-state index contributed by atoms with van der Waals surface area (Å²) in [5.74, 6) is 2.35. The van der Waals surface area contributed by atoms with Crippen LogP contribution < -0.4 is 5.73 Å². The number of aryl methyl sites for hydroxylation is 1. The number of nitrogens with two attached hydrogens (primary N) is 1. The normalized spacial score (nSPS) is 10.8. The van der Waals surface area contributed by atoms with Crippen molar-refractivity contribution in [3.63, 3.8) is 0 Å². The van der Waals surface area contributed by atoms with Gasteiger partial charge in [-0.05, 0) is 6.07 Å². The molecule has 0 aliphatic rings. The first-order chi connectivity index (χ1) is 7.35. The minimum atomic E-state index is 0.548. The van der Waals surface area contributed by atoms with Gasteiger partial charge in [0.05, 0.1) is 18.0 Å². The van der Waals surface area contributed by atoms with Crippen molar-refractivity contribution in [3.8, 4) is 11.3 Å². The molecule has 2 aromatic rings. The summed E-state index contributed by atoms with van der Waals surface area (Å²) >= 11 is 0. The van der Waals surface area contributed by atoms with Gasteiger partial charge in [-0.25, -0.2) is 4.98 Å². The average molecular weight is 206 g/mol. The molecule has 0 radical (unpaired) electrons. The van der Waals surface area contributed by atoms with Crippen LogP contribution in [0.4, 0.5) is 0 Å². The molecule has 80 valence electrons. The van der Waals surface area contributed by atoms with Gasteiger partial charge < -0.3 is 14.6 Å². The summed E-state index contributed by atoms with van der Waals surface area (Å²) in [5.41, 5.74) is 6.41. The first kappa shape index (κ1) is 9.98. The second-order valence-corrected chi connectivity index (χ2v) is 3.27. The summed E-state index contributed by atoms with van der Waals surface area (Å²) in [6, 6.07) is 1.89. The van der Waals surface area contributed by atoms with Crippen molar-refractivity contribution >= 4 is 0 Å². The molecule has 2 heterocycles. The SMILES string of the molecule is CCc1occc1-c1cnc(CCN)o1. The molecule has 0 spiro atoms. The summed E-state index contributed by atoms with van der Waals surface area (Å²) < 4.78 is 10.9. The van der Waals surface area contributed by atoms with Crippen molar-refractivity contribution in [2.24, 2.45) is 5.73 Å². The van der Waals surface area contributed by atoms with Crippen LogP contribution in [0.5, 0.6) is 0 Å². The van der Waals surface area contributed by atoms with Crippen molar-refractivity contribution in [1.82, 2.24) is 4.98 Å². The minimum Gasteiger partial charge on any atom is -0.469 e. The Morgan fingerprint density at radius 2 is 2.33 bits per heavy atom. The Morgan fingerprint density at radius 1 is 1.47 bits per heavy atom. The topological polar surface area (TPSA) is 65.2 Å². The minimum absolute atomic E-state index is 0.548. The smallest absolute Gasteiger partial charge is 0.196 e. The molecule has 0 aromatic carbocycles. The van der Waals surface area contributed by atoms with Gasteiger partial charge in [0, 0.05) is 19.4 Å². The Labute approximate surface area is 88.1 Å². The van der Waals surface area contributed by atoms with Gasteiger partial charge in [0.2, 0.25) is 0 Å². The standard InChI is InChI=1S/C11H14N2O2/c1-2-9-8(4-6-14-9)10-7-13-11(15-10)3-5-12/h4,6-7H,2-3,5,12H2,1H3. The lowest BCUT2D eigenvalue weighted by Gasteiger charge is -1.94. The number of rotatable bonds is 4. The van der Waals surface area contributed by atoms with E-state index in [1.165, 1.54) is 0 Å². The van der Waals surface area contributed by atoms with Gasteiger partial charge in [-0.3, -0.25) is 0 Å². The highest BCUT2D eigenvalue weighted by Crippen LogP contribution is 2.25. The van der Waals surface area contributed by atoms with E-state index in [9.17, 15) is 0 Å². The van der Waals surface area contributed by atoms with E-state index < -0.39 is 0 Å². The fourth-order valence-electron chi connectivity index (χ4n) is 1.51. The van der Waals surface area contributed by atoms with Crippen molar-refractivity contribution in [3.05, 3.63) is 30.2 Å². The first-order valence-corrected chi connectivity index (χ1v) is 5.06. The highest BCUT2D eigenvalue weighted by Gasteiger charge is 2.11. The lowest BCUT2D eigenvalue weighted by Crippen LogP contribution is -2.02. The van der Waals surface area contributed by atoms with Crippen molar-refractivity contribution < 1.29 is 8.83 Å². The molecule has 0 atom stereocenters. The summed E-state index contributed by atoms with van der Waals surface area (Å²) in [7, 11) is 0. The van der Waals surface area contributed by atoms with Gasteiger partial charge in [-0.2, -0.15) is 0 Å². The zero-order valence-corrected chi connectivity index (χ0v) is 8.69. The van der Waals surface area contributed by atoms with Crippen LogP contribution >= 0.6 is 0 Å². The van der Waals surface area contributed by atoms with E-state index in [1.807, 2.05) is 13.0 Å². The Hall–Kier alpha value is -1.55. The monoisotopic (exact) mass is 206 g/mol. The predicted octanol–water partition coefficient (Wildman–Crippen LogP) is 2.00. The lowest BCUT2D eigenvalue weighted by atomic mass is 10.2. The first-order valence-electron chi connectivity index (χ1n) is 5.06. The number of aromatic nitrogens is 1. The number of oxazole rings is 1. The Morgan fingerprint density at radius 3 is 3.07 bits per heavy atom. The molecule has 2 N–H and O–H groups in total. The van der Waals surface area contributed by atoms with Crippen LogP contribution in [0.2, 0.25) is 0 Å². The van der Waals surface area contributed by atoms with E-state index in [-0.39, 0.29) is 0 Å². The van der Waals surface area contributed by atoms with Crippen LogP contribution in [0, 0.1) is 0 Å². The summed E-state index contributed by atoms with van der Waals surface area (Å²) in [5, 5.41) is 0. The van der Waals surface area contributed by atoms with Crippen molar-refractivity contribution in [1.29, 1.82) is 0 Å². The lowest BCUT2D eigenvalue weighted by molar-refractivity contribution is 0.497. The highest BCUT2D eigenvalue weighted by atomic mass is 16.4. The molecule has 4 heteroatoms. The fraction of sp³-hybridized carbons (Fsp3) is 0.364. The maximum absolute atomic E-state index is 5.56. The van der Waals surface area contributed by atoms with Gasteiger partial charge in [-0.15, -0.1) is 0 Å². The quantitative estimate of drug-likeness (QED) is 0.830. The van der Waals surface area contributed by atoms with Crippen LogP contribution in [0.25, 0.3) is 11.3 Å². The van der Waals surface area contributed by atoms with Crippen LogP contribution in [-0.2, 0) is 12.8 Å². The number of furan rings is 1. The van der Waals surface area contributed by atoms with Gasteiger partial charge in [-0.1, -0.05) is 6.92 Å². The third kappa shape index (κ3) is 1.94. The Balaban J connectivity index is 2.28. The van der Waals surface area contributed by atoms with E-state index in [0.717, 1.165) is 23.5 Å². The molecule has 0 unspecified atom stereocenters. The predicted molar refractivity (Wildman–Crippen MR) is 56.3 cm³/mol. The number of nitrogens with zero attached hydrogens (tertiary/aromatic N) is 1. The molecule has 0 saturated carbocycles. The third-order valence-corrected chi connectivity index (χ3v) is 2.24. The number of hydrogen-bond donors (Lipinski definition) is 1. The summed E-state index contributed by atoms with van der Waals surface area (Å²) in [4.78, 5) is 4.15. The molecule has 15 heavy (non-hydrogen) atoms. The van der Waals surface area contributed by atoms with Gasteiger partial charge in [0.25, 0.3) is 0 Å². The zero-order chi connectivity index (χ0) is 10.7. The van der Waals surface area contributed by atoms with Gasteiger partial charge in [0.1, 0.15) is 5.76 Å². The molecule has 4 nitrogen and oxygen atoms in total. The molecule has 2 aromatic heterocycles. The molecular formula is C11H14N2O2. The molecule has 0 amide bonds. The molecular weight excluding hydrogens is 192 g/mol. The van der Waals surface area contributed by atoms with E-state index in [2.05, 4.69) is 4.98 Å². The van der Waals surface area contributed by atoms with Crippen LogP contribution in [0.15, 0.2) is 27.4 Å². The molecule has 0 fully saturated rings. The highest BCUT2D eigenvalue weighted by molar-refractivity contribution is 5.58. The van der Waals surface area contributed by atoms with Crippen LogP contribution in [0.3, 0.4) is 0 Å². The average Bonchev–Trinajstić information content (AvgIpc) is 2.84. The molecule has 0 bridgehead atoms. The summed E-state index contributed by atoms with van der Waals surface area (Å²) in [6.07, 6.45) is 4.89. The molecule has 0 aliphatic heterocycles. The summed E-state index contributed by atoms with van der Waals surface area (Å²) in [6.45, 7) is 2.59. The maximum Gasteiger partial charge on any atom is 0.196 e. The van der Waals surface area contributed by atoms with Crippen LogP contribution in [-0.4, -0.2) is 11.5 Å². The Bertz CT molecular complexity index is 431. The Kier molecular flexibility index (Phi) is 2.87. The van der Waals surface area contributed by atoms with E-state index in [1.54, 1.807) is 12.5 Å². The van der Waals surface area contributed by atoms with Gasteiger partial charge >= 0.3 is 0 Å². The zero-order valence-electron chi connectivity index (χ0n) is 8.69. The van der Waals surface area contributed by atoms with Crippen molar-refractivity contribution in [2.45, 2.75) is 19.8 Å². The fourth-order valence-corrected chi connectivity index (χ4v) is 1.51.